The quantitative estimate of drug-likeness (QED) is 0.504. The van der Waals surface area contributed by atoms with Gasteiger partial charge in [-0.25, -0.2) is 4.79 Å². The zero-order chi connectivity index (χ0) is 26.7. The monoisotopic (exact) mass is 507 g/mol. The maximum atomic E-state index is 13.4. The van der Waals surface area contributed by atoms with Crippen LogP contribution in [-0.2, 0) is 19.1 Å². The van der Waals surface area contributed by atoms with E-state index in [0.717, 1.165) is 22.3 Å². The van der Waals surface area contributed by atoms with Gasteiger partial charge in [0.05, 0.1) is 6.42 Å². The molecule has 1 saturated heterocycles. The highest BCUT2D eigenvalue weighted by Crippen LogP contribution is 2.44. The van der Waals surface area contributed by atoms with Gasteiger partial charge in [-0.05, 0) is 55.9 Å². The fraction of sp³-hybridized carbons (Fsp3) is 0.429. The van der Waals surface area contributed by atoms with E-state index >= 15 is 0 Å². The average Bonchev–Trinajstić information content (AvgIpc) is 3.45. The summed E-state index contributed by atoms with van der Waals surface area (Å²) in [7, 11) is 0. The Kier molecular flexibility index (Phi) is 7.52. The minimum Gasteiger partial charge on any atom is -0.481 e. The lowest BCUT2D eigenvalue weighted by atomic mass is 9.98. The van der Waals surface area contributed by atoms with Crippen molar-refractivity contribution in [3.05, 3.63) is 59.7 Å². The molecule has 0 spiro atoms. The SMILES string of the molecule is C[C@H](CC(=O)O)NC(=O)[C@@H]1CCCN1C(=O)C(C)(C)NC(=O)OCC1c2ccccc2-c2ccccc21. The van der Waals surface area contributed by atoms with E-state index in [1.165, 1.54) is 4.90 Å². The maximum Gasteiger partial charge on any atom is 0.408 e. The molecule has 1 aliphatic carbocycles. The predicted molar refractivity (Wildman–Crippen MR) is 137 cm³/mol. The second-order valence-corrected chi connectivity index (χ2v) is 10.2. The van der Waals surface area contributed by atoms with Crippen LogP contribution in [0.4, 0.5) is 4.79 Å². The first-order valence-electron chi connectivity index (χ1n) is 12.5. The number of hydrogen-bond donors (Lipinski definition) is 3. The van der Waals surface area contributed by atoms with Crippen LogP contribution < -0.4 is 10.6 Å². The highest BCUT2D eigenvalue weighted by molar-refractivity contribution is 5.94. The van der Waals surface area contributed by atoms with E-state index in [0.29, 0.717) is 19.4 Å². The Hall–Kier alpha value is -3.88. The first-order chi connectivity index (χ1) is 17.6. The number of fused-ring (bicyclic) bond motifs is 3. The molecule has 0 aromatic heterocycles. The highest BCUT2D eigenvalue weighted by Gasteiger charge is 2.42. The molecule has 3 N–H and O–H groups in total. The largest absolute Gasteiger partial charge is 0.481 e. The fourth-order valence-corrected chi connectivity index (χ4v) is 5.24. The minimum absolute atomic E-state index is 0.101. The predicted octanol–water partition coefficient (Wildman–Crippen LogP) is 3.27. The number of likely N-dealkylation sites (tertiary alicyclic amines) is 1. The lowest BCUT2D eigenvalue weighted by molar-refractivity contribution is -0.143. The van der Waals surface area contributed by atoms with Crippen molar-refractivity contribution in [2.24, 2.45) is 0 Å². The lowest BCUT2D eigenvalue weighted by Crippen LogP contribution is -2.59. The number of amides is 3. The van der Waals surface area contributed by atoms with E-state index in [2.05, 4.69) is 22.8 Å². The van der Waals surface area contributed by atoms with Crippen LogP contribution in [0.15, 0.2) is 48.5 Å². The second-order valence-electron chi connectivity index (χ2n) is 10.2. The zero-order valence-electron chi connectivity index (χ0n) is 21.3. The number of nitrogens with one attached hydrogen (secondary N) is 2. The first kappa shape index (κ1) is 26.2. The summed E-state index contributed by atoms with van der Waals surface area (Å²) in [5.74, 6) is -1.90. The van der Waals surface area contributed by atoms with E-state index < -0.39 is 41.5 Å². The normalized spacial score (nSPS) is 17.5. The Morgan fingerprint density at radius 3 is 2.24 bits per heavy atom. The number of nitrogens with zero attached hydrogens (tertiary/aromatic N) is 1. The zero-order valence-corrected chi connectivity index (χ0v) is 21.3. The third-order valence-corrected chi connectivity index (χ3v) is 6.98. The molecule has 1 aliphatic heterocycles. The number of rotatable bonds is 8. The van der Waals surface area contributed by atoms with Crippen molar-refractivity contribution in [2.75, 3.05) is 13.2 Å². The Balaban J connectivity index is 1.37. The molecular formula is C28H33N3O6. The Labute approximate surface area is 216 Å². The number of carbonyl (C=O) groups excluding carboxylic acids is 3. The van der Waals surface area contributed by atoms with E-state index in [4.69, 9.17) is 9.84 Å². The van der Waals surface area contributed by atoms with Gasteiger partial charge in [0.15, 0.2) is 0 Å². The number of hydrogen-bond acceptors (Lipinski definition) is 5. The van der Waals surface area contributed by atoms with Crippen LogP contribution in [0.2, 0.25) is 0 Å². The summed E-state index contributed by atoms with van der Waals surface area (Å²) in [4.78, 5) is 51.2. The molecule has 9 nitrogen and oxygen atoms in total. The number of carbonyl (C=O) groups is 4. The number of aliphatic carboxylic acids is 1. The summed E-state index contributed by atoms with van der Waals surface area (Å²) in [5, 5.41) is 14.3. The molecular weight excluding hydrogens is 474 g/mol. The molecule has 2 atom stereocenters. The molecule has 2 aliphatic rings. The van der Waals surface area contributed by atoms with Gasteiger partial charge < -0.3 is 25.4 Å². The van der Waals surface area contributed by atoms with Gasteiger partial charge in [0.1, 0.15) is 18.2 Å². The standard InChI is InChI=1S/C28H33N3O6/c1-17(15-24(32)33)29-25(34)23-13-8-14-31(23)26(35)28(2,3)30-27(36)37-16-22-20-11-6-4-9-18(20)19-10-5-7-12-21(19)22/h4-7,9-12,17,22-23H,8,13-16H2,1-3H3,(H,29,34)(H,30,36)(H,32,33)/t17-,23+/m1/s1. The molecule has 4 rings (SSSR count). The van der Waals surface area contributed by atoms with E-state index in [9.17, 15) is 19.2 Å². The molecule has 1 heterocycles. The molecule has 196 valence electrons. The van der Waals surface area contributed by atoms with Crippen molar-refractivity contribution in [3.8, 4) is 11.1 Å². The average molecular weight is 508 g/mol. The Bertz CT molecular complexity index is 1160. The van der Waals surface area contributed by atoms with Crippen molar-refractivity contribution in [1.82, 2.24) is 15.5 Å². The molecule has 0 unspecified atom stereocenters. The molecule has 2 aromatic carbocycles. The topological polar surface area (TPSA) is 125 Å². The van der Waals surface area contributed by atoms with Crippen LogP contribution in [0.25, 0.3) is 11.1 Å². The van der Waals surface area contributed by atoms with E-state index in [-0.39, 0.29) is 18.9 Å². The third-order valence-electron chi connectivity index (χ3n) is 6.98. The van der Waals surface area contributed by atoms with E-state index in [1.807, 2.05) is 36.4 Å². The number of ether oxygens (including phenoxy) is 1. The number of carboxylic acids is 1. The van der Waals surface area contributed by atoms with Crippen LogP contribution in [0.3, 0.4) is 0 Å². The summed E-state index contributed by atoms with van der Waals surface area (Å²) in [6.07, 6.45) is 0.188. The molecule has 0 radical (unpaired) electrons. The molecule has 0 saturated carbocycles. The Morgan fingerprint density at radius 1 is 1.05 bits per heavy atom. The van der Waals surface area contributed by atoms with Crippen molar-refractivity contribution in [3.63, 3.8) is 0 Å². The van der Waals surface area contributed by atoms with Crippen molar-refractivity contribution < 1.29 is 29.0 Å². The highest BCUT2D eigenvalue weighted by atomic mass is 16.5. The van der Waals surface area contributed by atoms with Gasteiger partial charge in [-0.15, -0.1) is 0 Å². The van der Waals surface area contributed by atoms with Gasteiger partial charge >= 0.3 is 12.1 Å². The van der Waals surface area contributed by atoms with Gasteiger partial charge in [-0.3, -0.25) is 14.4 Å². The molecule has 0 bridgehead atoms. The minimum atomic E-state index is -1.31. The maximum absolute atomic E-state index is 13.4. The summed E-state index contributed by atoms with van der Waals surface area (Å²) in [6, 6.07) is 14.8. The first-order valence-corrected chi connectivity index (χ1v) is 12.5. The number of benzene rings is 2. The summed E-state index contributed by atoms with van der Waals surface area (Å²) in [6.45, 7) is 5.27. The van der Waals surface area contributed by atoms with Gasteiger partial charge in [0.25, 0.3) is 0 Å². The van der Waals surface area contributed by atoms with Gasteiger partial charge in [-0.2, -0.15) is 0 Å². The van der Waals surface area contributed by atoms with Crippen molar-refractivity contribution in [2.45, 2.75) is 63.6 Å². The molecule has 1 fully saturated rings. The third kappa shape index (κ3) is 5.60. The van der Waals surface area contributed by atoms with Crippen LogP contribution in [0.1, 0.15) is 57.1 Å². The fourth-order valence-electron chi connectivity index (χ4n) is 5.24. The van der Waals surface area contributed by atoms with Gasteiger partial charge in [0.2, 0.25) is 11.8 Å². The van der Waals surface area contributed by atoms with Crippen LogP contribution >= 0.6 is 0 Å². The summed E-state index contributed by atoms with van der Waals surface area (Å²) >= 11 is 0. The number of alkyl carbamates (subject to hydrolysis) is 1. The second kappa shape index (κ2) is 10.6. The van der Waals surface area contributed by atoms with Crippen LogP contribution in [0.5, 0.6) is 0 Å². The number of carboxylic acid groups (broad SMARTS) is 1. The van der Waals surface area contributed by atoms with Gasteiger partial charge in [0, 0.05) is 18.5 Å². The molecule has 9 heteroatoms. The lowest BCUT2D eigenvalue weighted by Gasteiger charge is -2.33. The van der Waals surface area contributed by atoms with Gasteiger partial charge in [-0.1, -0.05) is 48.5 Å². The molecule has 37 heavy (non-hydrogen) atoms. The molecule has 2 aromatic rings. The smallest absolute Gasteiger partial charge is 0.408 e. The van der Waals surface area contributed by atoms with E-state index in [1.54, 1.807) is 20.8 Å². The summed E-state index contributed by atoms with van der Waals surface area (Å²) in [5.41, 5.74) is 3.13. The van der Waals surface area contributed by atoms with Crippen molar-refractivity contribution >= 4 is 23.9 Å². The van der Waals surface area contributed by atoms with Crippen LogP contribution in [-0.4, -0.2) is 64.7 Å². The van der Waals surface area contributed by atoms with Crippen molar-refractivity contribution in [1.29, 1.82) is 0 Å². The Morgan fingerprint density at radius 2 is 1.65 bits per heavy atom. The van der Waals surface area contributed by atoms with Crippen LogP contribution in [0, 0.1) is 0 Å². The molecule has 3 amide bonds. The summed E-state index contributed by atoms with van der Waals surface area (Å²) < 4.78 is 5.60.